The van der Waals surface area contributed by atoms with Crippen molar-refractivity contribution >= 4 is 11.6 Å². The molecule has 1 aromatic rings. The highest BCUT2D eigenvalue weighted by molar-refractivity contribution is 5.93. The standard InChI is InChI=1S/C14H22N2O2/c1-11-6-5-7-12(2)14(11)15-13(17)10-16(3)8-9-18-4/h5-7H,8-10H2,1-4H3,(H,15,17). The molecule has 0 heterocycles. The molecule has 0 unspecified atom stereocenters. The quantitative estimate of drug-likeness (QED) is 0.837. The van der Waals surface area contributed by atoms with Crippen LogP contribution in [0.2, 0.25) is 0 Å². The van der Waals surface area contributed by atoms with Crippen LogP contribution in [-0.4, -0.2) is 44.7 Å². The molecule has 1 amide bonds. The van der Waals surface area contributed by atoms with Gasteiger partial charge in [-0.15, -0.1) is 0 Å². The van der Waals surface area contributed by atoms with Gasteiger partial charge in [0.2, 0.25) is 5.91 Å². The number of amides is 1. The summed E-state index contributed by atoms with van der Waals surface area (Å²) >= 11 is 0. The van der Waals surface area contributed by atoms with Crippen molar-refractivity contribution in [3.8, 4) is 0 Å². The molecule has 0 saturated heterocycles. The van der Waals surface area contributed by atoms with Gasteiger partial charge in [-0.25, -0.2) is 0 Å². The Kier molecular flexibility index (Phi) is 5.82. The van der Waals surface area contributed by atoms with Gasteiger partial charge in [-0.3, -0.25) is 9.69 Å². The Morgan fingerprint density at radius 2 is 1.94 bits per heavy atom. The third-order valence-electron chi connectivity index (χ3n) is 2.84. The van der Waals surface area contributed by atoms with Crippen LogP contribution in [0.1, 0.15) is 11.1 Å². The van der Waals surface area contributed by atoms with Gasteiger partial charge in [-0.1, -0.05) is 18.2 Å². The Bertz CT molecular complexity index is 385. The molecule has 1 N–H and O–H groups in total. The third kappa shape index (κ3) is 4.47. The van der Waals surface area contributed by atoms with E-state index in [0.29, 0.717) is 13.2 Å². The molecule has 4 heteroatoms. The van der Waals surface area contributed by atoms with Crippen molar-refractivity contribution in [1.29, 1.82) is 0 Å². The molecular formula is C14H22N2O2. The Hall–Kier alpha value is -1.39. The average Bonchev–Trinajstić information content (AvgIpc) is 2.31. The lowest BCUT2D eigenvalue weighted by atomic mass is 10.1. The maximum absolute atomic E-state index is 11.9. The highest BCUT2D eigenvalue weighted by atomic mass is 16.5. The highest BCUT2D eigenvalue weighted by Gasteiger charge is 2.09. The van der Waals surface area contributed by atoms with Crippen LogP contribution in [-0.2, 0) is 9.53 Å². The lowest BCUT2D eigenvalue weighted by Crippen LogP contribution is -2.32. The number of methoxy groups -OCH3 is 1. The number of nitrogens with zero attached hydrogens (tertiary/aromatic N) is 1. The lowest BCUT2D eigenvalue weighted by molar-refractivity contribution is -0.117. The second-order valence-corrected chi connectivity index (χ2v) is 4.55. The topological polar surface area (TPSA) is 41.6 Å². The average molecular weight is 250 g/mol. The largest absolute Gasteiger partial charge is 0.383 e. The first-order valence-electron chi connectivity index (χ1n) is 6.08. The van der Waals surface area contributed by atoms with Crippen molar-refractivity contribution in [2.45, 2.75) is 13.8 Å². The molecule has 0 aliphatic rings. The molecule has 0 aliphatic carbocycles. The molecule has 4 nitrogen and oxygen atoms in total. The normalized spacial score (nSPS) is 10.7. The van der Waals surface area contributed by atoms with Gasteiger partial charge < -0.3 is 10.1 Å². The molecule has 0 radical (unpaired) electrons. The van der Waals surface area contributed by atoms with E-state index in [1.165, 1.54) is 0 Å². The Morgan fingerprint density at radius 3 is 2.50 bits per heavy atom. The molecule has 0 saturated carbocycles. The molecule has 0 spiro atoms. The van der Waals surface area contributed by atoms with Crippen LogP contribution >= 0.6 is 0 Å². The summed E-state index contributed by atoms with van der Waals surface area (Å²) in [4.78, 5) is 13.8. The molecule has 0 aliphatic heterocycles. The molecule has 1 rings (SSSR count). The van der Waals surface area contributed by atoms with E-state index in [0.717, 1.165) is 23.4 Å². The van der Waals surface area contributed by atoms with Crippen molar-refractivity contribution in [1.82, 2.24) is 4.90 Å². The summed E-state index contributed by atoms with van der Waals surface area (Å²) in [5.74, 6) is 0.00556. The maximum atomic E-state index is 11.9. The summed E-state index contributed by atoms with van der Waals surface area (Å²) in [6, 6.07) is 5.99. The number of hydrogen-bond acceptors (Lipinski definition) is 3. The molecule has 0 bridgehead atoms. The number of hydrogen-bond donors (Lipinski definition) is 1. The van der Waals surface area contributed by atoms with Gasteiger partial charge in [0.05, 0.1) is 13.2 Å². The number of anilines is 1. The van der Waals surface area contributed by atoms with Crippen molar-refractivity contribution in [3.05, 3.63) is 29.3 Å². The minimum atomic E-state index is 0.00556. The number of aryl methyl sites for hydroxylation is 2. The Labute approximate surface area is 109 Å². The van der Waals surface area contributed by atoms with Gasteiger partial charge >= 0.3 is 0 Å². The zero-order valence-electron chi connectivity index (χ0n) is 11.6. The van der Waals surface area contributed by atoms with Gasteiger partial charge in [-0.2, -0.15) is 0 Å². The maximum Gasteiger partial charge on any atom is 0.238 e. The van der Waals surface area contributed by atoms with Crippen molar-refractivity contribution < 1.29 is 9.53 Å². The summed E-state index contributed by atoms with van der Waals surface area (Å²) in [7, 11) is 3.56. The number of benzene rings is 1. The molecule has 1 aromatic carbocycles. The van der Waals surface area contributed by atoms with Crippen molar-refractivity contribution in [3.63, 3.8) is 0 Å². The second-order valence-electron chi connectivity index (χ2n) is 4.55. The van der Waals surface area contributed by atoms with E-state index in [1.54, 1.807) is 7.11 Å². The summed E-state index contributed by atoms with van der Waals surface area (Å²) < 4.78 is 4.98. The van der Waals surface area contributed by atoms with E-state index in [-0.39, 0.29) is 5.91 Å². The van der Waals surface area contributed by atoms with Crippen LogP contribution in [0.5, 0.6) is 0 Å². The van der Waals surface area contributed by atoms with E-state index in [4.69, 9.17) is 4.74 Å². The zero-order valence-corrected chi connectivity index (χ0v) is 11.6. The van der Waals surface area contributed by atoms with E-state index in [1.807, 2.05) is 44.0 Å². The fraction of sp³-hybridized carbons (Fsp3) is 0.500. The lowest BCUT2D eigenvalue weighted by Gasteiger charge is -2.17. The SMILES string of the molecule is COCCN(C)CC(=O)Nc1c(C)cccc1C. The summed E-state index contributed by atoms with van der Waals surface area (Å²) in [5, 5.41) is 2.96. The van der Waals surface area contributed by atoms with E-state index in [9.17, 15) is 4.79 Å². The minimum absolute atomic E-state index is 0.00556. The first kappa shape index (κ1) is 14.7. The molecule has 0 fully saturated rings. The summed E-state index contributed by atoms with van der Waals surface area (Å²) in [6.07, 6.45) is 0. The van der Waals surface area contributed by atoms with Crippen LogP contribution in [0.4, 0.5) is 5.69 Å². The second kappa shape index (κ2) is 7.13. The van der Waals surface area contributed by atoms with Crippen LogP contribution in [0, 0.1) is 13.8 Å². The van der Waals surface area contributed by atoms with Gasteiger partial charge in [0, 0.05) is 19.3 Å². The fourth-order valence-electron chi connectivity index (χ4n) is 1.76. The predicted molar refractivity (Wildman–Crippen MR) is 73.9 cm³/mol. The Morgan fingerprint density at radius 1 is 1.33 bits per heavy atom. The van der Waals surface area contributed by atoms with Crippen LogP contribution in [0.3, 0.4) is 0 Å². The number of carbonyl (C=O) groups excluding carboxylic acids is 1. The van der Waals surface area contributed by atoms with Crippen molar-refractivity contribution in [2.75, 3.05) is 39.2 Å². The molecule has 0 atom stereocenters. The summed E-state index contributed by atoms with van der Waals surface area (Å²) in [5.41, 5.74) is 3.09. The van der Waals surface area contributed by atoms with Crippen LogP contribution in [0.15, 0.2) is 18.2 Å². The van der Waals surface area contributed by atoms with Crippen molar-refractivity contribution in [2.24, 2.45) is 0 Å². The van der Waals surface area contributed by atoms with Gasteiger partial charge in [0.25, 0.3) is 0 Å². The summed E-state index contributed by atoms with van der Waals surface area (Å²) in [6.45, 7) is 5.75. The van der Waals surface area contributed by atoms with E-state index >= 15 is 0 Å². The number of nitrogens with one attached hydrogen (secondary N) is 1. The van der Waals surface area contributed by atoms with Crippen LogP contribution < -0.4 is 5.32 Å². The minimum Gasteiger partial charge on any atom is -0.383 e. The number of likely N-dealkylation sites (N-methyl/N-ethyl adjacent to an activating group) is 1. The first-order valence-corrected chi connectivity index (χ1v) is 6.08. The Balaban J connectivity index is 2.54. The van der Waals surface area contributed by atoms with E-state index < -0.39 is 0 Å². The zero-order chi connectivity index (χ0) is 13.5. The number of ether oxygens (including phenoxy) is 1. The van der Waals surface area contributed by atoms with Gasteiger partial charge in [-0.05, 0) is 32.0 Å². The van der Waals surface area contributed by atoms with E-state index in [2.05, 4.69) is 5.32 Å². The highest BCUT2D eigenvalue weighted by Crippen LogP contribution is 2.19. The molecule has 18 heavy (non-hydrogen) atoms. The van der Waals surface area contributed by atoms with Crippen LogP contribution in [0.25, 0.3) is 0 Å². The van der Waals surface area contributed by atoms with Gasteiger partial charge in [0.15, 0.2) is 0 Å². The first-order chi connectivity index (χ1) is 8.54. The third-order valence-corrected chi connectivity index (χ3v) is 2.84. The predicted octanol–water partition coefficient (Wildman–Crippen LogP) is 1.82. The van der Waals surface area contributed by atoms with Gasteiger partial charge in [0.1, 0.15) is 0 Å². The number of carbonyl (C=O) groups is 1. The number of para-hydroxylation sites is 1. The monoisotopic (exact) mass is 250 g/mol. The smallest absolute Gasteiger partial charge is 0.238 e. The molecular weight excluding hydrogens is 228 g/mol. The molecule has 100 valence electrons. The number of rotatable bonds is 6. The molecule has 0 aromatic heterocycles. The fourth-order valence-corrected chi connectivity index (χ4v) is 1.76.